The van der Waals surface area contributed by atoms with Crippen LogP contribution >= 0.6 is 0 Å². The number of anilines is 1. The fourth-order valence-corrected chi connectivity index (χ4v) is 9.45. The summed E-state index contributed by atoms with van der Waals surface area (Å²) in [4.78, 5) is 64.6. The van der Waals surface area contributed by atoms with Gasteiger partial charge in [-0.05, 0) is 93.9 Å². The summed E-state index contributed by atoms with van der Waals surface area (Å²) in [7, 11) is 0.692. The van der Waals surface area contributed by atoms with Gasteiger partial charge in [0.1, 0.15) is 46.7 Å². The predicted molar refractivity (Wildman–Crippen MR) is 221 cm³/mol. The maximum Gasteiger partial charge on any atom is 0.408 e. The van der Waals surface area contributed by atoms with Crippen LogP contribution in [-0.4, -0.2) is 117 Å². The highest BCUT2D eigenvalue weighted by Crippen LogP contribution is 2.48. The van der Waals surface area contributed by atoms with Crippen LogP contribution in [0.5, 0.6) is 11.6 Å². The van der Waals surface area contributed by atoms with Crippen molar-refractivity contribution in [3.05, 3.63) is 36.4 Å². The molecule has 0 bridgehead atoms. The smallest absolute Gasteiger partial charge is 0.408 e. The Balaban J connectivity index is 1.38. The Bertz CT molecular complexity index is 2180. The minimum absolute atomic E-state index is 0.0192. The Kier molecular flexibility index (Phi) is 12.6. The van der Waals surface area contributed by atoms with Crippen molar-refractivity contribution in [2.75, 3.05) is 39.3 Å². The lowest BCUT2D eigenvalue weighted by molar-refractivity contribution is -0.152. The minimum atomic E-state index is -4.45. The molecule has 2 aromatic rings. The third-order valence-corrected chi connectivity index (χ3v) is 14.8. The molecule has 7 atom stereocenters. The maximum atomic E-state index is 14.9. The number of allylic oxidation sites excluding steroid dienone is 1. The summed E-state index contributed by atoms with van der Waals surface area (Å²) >= 11 is 0. The number of nitrogens with zero attached hydrogens (tertiary/aromatic N) is 3. The average Bonchev–Trinajstić information content (AvgIpc) is 4.08. The normalized spacial score (nSPS) is 28.5. The number of halogens is 3. The lowest BCUT2D eigenvalue weighted by Crippen LogP contribution is -2.60. The van der Waals surface area contributed by atoms with E-state index in [9.17, 15) is 40.8 Å². The molecule has 61 heavy (non-hydrogen) atoms. The van der Waals surface area contributed by atoms with Gasteiger partial charge in [-0.1, -0.05) is 26.0 Å². The number of alkyl carbamates (subject to hydrolysis) is 1. The van der Waals surface area contributed by atoms with Gasteiger partial charge in [-0.15, -0.1) is 0 Å². The molecule has 6 rings (SSSR count). The first kappa shape index (κ1) is 45.7. The van der Waals surface area contributed by atoms with E-state index in [4.69, 9.17) is 19.2 Å². The van der Waals surface area contributed by atoms with Crippen molar-refractivity contribution in [3.8, 4) is 11.6 Å². The van der Waals surface area contributed by atoms with Gasteiger partial charge in [-0.3, -0.25) is 19.1 Å². The van der Waals surface area contributed by atoms with Crippen LogP contribution in [0.4, 0.5) is 23.8 Å². The van der Waals surface area contributed by atoms with Gasteiger partial charge in [0.05, 0.1) is 13.7 Å². The van der Waals surface area contributed by atoms with Gasteiger partial charge in [0, 0.05) is 38.7 Å². The van der Waals surface area contributed by atoms with E-state index in [1.165, 1.54) is 12.0 Å². The van der Waals surface area contributed by atoms with E-state index in [0.717, 1.165) is 19.2 Å². The van der Waals surface area contributed by atoms with Gasteiger partial charge in [0.2, 0.25) is 27.7 Å². The molecule has 3 fully saturated rings. The molecule has 1 saturated heterocycles. The van der Waals surface area contributed by atoms with Crippen molar-refractivity contribution in [2.24, 2.45) is 17.8 Å². The van der Waals surface area contributed by atoms with E-state index >= 15 is 0 Å². The van der Waals surface area contributed by atoms with Crippen LogP contribution in [0.1, 0.15) is 79.6 Å². The number of benzene rings is 1. The number of rotatable bonds is 11. The van der Waals surface area contributed by atoms with Crippen LogP contribution in [0, 0.1) is 17.8 Å². The molecule has 4 amide bonds. The van der Waals surface area contributed by atoms with Crippen LogP contribution in [-0.2, 0) is 29.1 Å². The lowest BCUT2D eigenvalue weighted by Gasteiger charge is -2.35. The quantitative estimate of drug-likeness (QED) is 0.258. The molecule has 1 aromatic heterocycles. The molecule has 2 saturated carbocycles. The summed E-state index contributed by atoms with van der Waals surface area (Å²) in [6.07, 6.45) is 3.02. The molecule has 3 heterocycles. The number of carbonyl (C=O) groups excluding carboxylic acids is 4. The van der Waals surface area contributed by atoms with Gasteiger partial charge < -0.3 is 34.6 Å². The van der Waals surface area contributed by atoms with Crippen LogP contribution in [0.25, 0.3) is 10.8 Å². The number of methoxy groups -OCH3 is 1. The van der Waals surface area contributed by atoms with Crippen molar-refractivity contribution < 1.29 is 55.0 Å². The number of ether oxygens (including phenoxy) is 3. The van der Waals surface area contributed by atoms with E-state index < -0.39 is 92.3 Å². The molecule has 0 unspecified atom stereocenters. The zero-order valence-electron chi connectivity index (χ0n) is 35.9. The van der Waals surface area contributed by atoms with Crippen molar-refractivity contribution >= 4 is 50.4 Å². The Labute approximate surface area is 354 Å². The molecule has 2 aliphatic carbocycles. The molecule has 1 aromatic carbocycles. The second kappa shape index (κ2) is 16.8. The topological polar surface area (TPSA) is 186 Å². The Morgan fingerprint density at radius 1 is 1.10 bits per heavy atom. The molecule has 0 radical (unpaired) electrons. The first-order valence-corrected chi connectivity index (χ1v) is 22.1. The number of pyridine rings is 1. The zero-order chi connectivity index (χ0) is 44.9. The molecule has 19 heteroatoms. The van der Waals surface area contributed by atoms with Gasteiger partial charge in [0.15, 0.2) is 5.60 Å². The van der Waals surface area contributed by atoms with Crippen LogP contribution < -0.4 is 29.7 Å². The average molecular weight is 879 g/mol. The Morgan fingerprint density at radius 2 is 1.80 bits per heavy atom. The largest absolute Gasteiger partial charge is 0.497 e. The third kappa shape index (κ3) is 9.36. The van der Waals surface area contributed by atoms with E-state index in [2.05, 4.69) is 15.4 Å². The predicted octanol–water partition coefficient (Wildman–Crippen LogP) is 5.02. The molecular weight excluding hydrogens is 822 g/mol. The standard InChI is InChI=1S/C42H57F3N6O9S/c1-24-11-9-10-12-27-21-42(27,37(54)49-61(56,57)41(23-43)15-16-41)48-34(52)31-20-29(59-35-30-14-13-28(58-8)18-26(30)19-32(46-35)50(6)7)22-51(31)36(53)33(25(2)17-24)47-38(55)60-39(3,4)40(5,44)45/h10,12-14,18-19,24-25,27,29,31,33H,9,11,15-17,20-23H2,1-8H3,(H,47,55)(H,48,52)(H,49,54)/b12-10-/t24-,25+,27+,29+,31-,33-,42+/m0/s1. The highest BCUT2D eigenvalue weighted by atomic mass is 32.2. The number of carbonyl (C=O) groups is 4. The summed E-state index contributed by atoms with van der Waals surface area (Å²) < 4.78 is 86.8. The van der Waals surface area contributed by atoms with E-state index in [1.807, 2.05) is 25.1 Å². The summed E-state index contributed by atoms with van der Waals surface area (Å²) in [6, 6.07) is 4.46. The second-order valence-electron chi connectivity index (χ2n) is 18.0. The summed E-state index contributed by atoms with van der Waals surface area (Å²) in [6.45, 7) is 5.04. The van der Waals surface area contributed by atoms with Crippen LogP contribution in [0.15, 0.2) is 36.4 Å². The molecule has 3 N–H and O–H groups in total. The maximum absolute atomic E-state index is 14.9. The molecule has 15 nitrogen and oxygen atoms in total. The first-order valence-electron chi connectivity index (χ1n) is 20.6. The van der Waals surface area contributed by atoms with E-state index in [0.29, 0.717) is 43.1 Å². The van der Waals surface area contributed by atoms with Gasteiger partial charge in [-0.2, -0.15) is 4.98 Å². The Hall–Kier alpha value is -4.81. The molecule has 336 valence electrons. The van der Waals surface area contributed by atoms with Gasteiger partial charge >= 0.3 is 6.09 Å². The fourth-order valence-electron chi connectivity index (χ4n) is 8.02. The summed E-state index contributed by atoms with van der Waals surface area (Å²) in [5.41, 5.74) is -3.99. The number of hydrogen-bond donors (Lipinski definition) is 3. The van der Waals surface area contributed by atoms with Crippen molar-refractivity contribution in [1.29, 1.82) is 0 Å². The van der Waals surface area contributed by atoms with Gasteiger partial charge in [0.25, 0.3) is 11.8 Å². The van der Waals surface area contributed by atoms with Crippen molar-refractivity contribution in [3.63, 3.8) is 0 Å². The van der Waals surface area contributed by atoms with Gasteiger partial charge in [-0.25, -0.2) is 26.4 Å². The number of sulfonamides is 1. The highest BCUT2D eigenvalue weighted by molar-refractivity contribution is 7.91. The first-order chi connectivity index (χ1) is 28.5. The SMILES string of the molecule is COc1ccc2c(O[C@@H]3C[C@H]4C(=O)N[C@]5(C(=O)NS(=O)(=O)C6(CF)CC6)C[C@H]5/C=C\CC[C@H](C)C[C@@H](C)[C@H](NC(=O)OC(C)(C)C(C)(F)F)C(=O)N4C3)nc(N(C)C)cc2c1. The molecule has 0 spiro atoms. The van der Waals surface area contributed by atoms with Crippen molar-refractivity contribution in [1.82, 2.24) is 25.2 Å². The van der Waals surface area contributed by atoms with Crippen LogP contribution in [0.2, 0.25) is 0 Å². The number of nitrogens with one attached hydrogen (secondary N) is 3. The lowest BCUT2D eigenvalue weighted by atomic mass is 9.88. The van der Waals surface area contributed by atoms with Crippen molar-refractivity contribution in [2.45, 2.75) is 120 Å². The third-order valence-electron chi connectivity index (χ3n) is 12.7. The molecule has 2 aliphatic heterocycles. The van der Waals surface area contributed by atoms with E-state index in [-0.39, 0.29) is 44.0 Å². The highest BCUT2D eigenvalue weighted by Gasteiger charge is 2.64. The summed E-state index contributed by atoms with van der Waals surface area (Å²) in [5, 5.41) is 6.65. The van der Waals surface area contributed by atoms with E-state index in [1.54, 1.807) is 44.1 Å². The number of hydrogen-bond acceptors (Lipinski definition) is 11. The Morgan fingerprint density at radius 3 is 2.43 bits per heavy atom. The molecular formula is C42H57F3N6O9S. The monoisotopic (exact) mass is 878 g/mol. The zero-order valence-corrected chi connectivity index (χ0v) is 36.7. The molecule has 4 aliphatic rings. The second-order valence-corrected chi connectivity index (χ2v) is 20.1. The minimum Gasteiger partial charge on any atom is -0.497 e. The number of alkyl halides is 3. The number of aromatic nitrogens is 1. The van der Waals surface area contributed by atoms with Crippen LogP contribution in [0.3, 0.4) is 0 Å². The number of amides is 4. The number of fused-ring (bicyclic) bond motifs is 3. The summed E-state index contributed by atoms with van der Waals surface area (Å²) in [5.74, 6) is -5.88. The fraction of sp³-hybridized carbons (Fsp3) is 0.643.